The summed E-state index contributed by atoms with van der Waals surface area (Å²) in [6.07, 6.45) is -3.11. The van der Waals surface area contributed by atoms with Gasteiger partial charge in [0.2, 0.25) is 0 Å². The molecular formula is C21H17ClF3N5O3. The lowest BCUT2D eigenvalue weighted by molar-refractivity contribution is -0.137. The number of halogens is 4. The van der Waals surface area contributed by atoms with Gasteiger partial charge in [-0.3, -0.25) is 20.6 Å². The Morgan fingerprint density at radius 2 is 1.79 bits per heavy atom. The lowest BCUT2D eigenvalue weighted by atomic mass is 10.2. The number of nitrogens with one attached hydrogen (secondary N) is 4. The highest BCUT2D eigenvalue weighted by Gasteiger charge is 2.31. The predicted molar refractivity (Wildman–Crippen MR) is 116 cm³/mol. The van der Waals surface area contributed by atoms with Crippen LogP contribution in [0.1, 0.15) is 16.1 Å². The molecule has 0 fully saturated rings. The summed E-state index contributed by atoms with van der Waals surface area (Å²) in [4.78, 5) is 27.7. The van der Waals surface area contributed by atoms with E-state index < -0.39 is 17.8 Å². The number of alkyl halides is 3. The second kappa shape index (κ2) is 10.1. The van der Waals surface area contributed by atoms with Gasteiger partial charge in [-0.2, -0.15) is 13.2 Å². The fraction of sp³-hybridized carbons (Fsp3) is 0.0952. The van der Waals surface area contributed by atoms with E-state index >= 15 is 0 Å². The van der Waals surface area contributed by atoms with Gasteiger partial charge in [-0.15, -0.1) is 0 Å². The minimum Gasteiger partial charge on any atom is -0.457 e. The van der Waals surface area contributed by atoms with Crippen molar-refractivity contribution < 1.29 is 27.5 Å². The smallest absolute Gasteiger partial charge is 0.416 e. The topological polar surface area (TPSA) is 104 Å². The van der Waals surface area contributed by atoms with Crippen molar-refractivity contribution in [3.05, 3.63) is 77.1 Å². The highest BCUT2D eigenvalue weighted by atomic mass is 35.5. The highest BCUT2D eigenvalue weighted by Crippen LogP contribution is 2.33. The van der Waals surface area contributed by atoms with Gasteiger partial charge in [-0.1, -0.05) is 17.7 Å². The van der Waals surface area contributed by atoms with Gasteiger partial charge < -0.3 is 15.4 Å². The number of anilines is 2. The molecule has 1 heterocycles. The summed E-state index contributed by atoms with van der Waals surface area (Å²) >= 11 is 5.83. The molecule has 172 valence electrons. The molecule has 0 aliphatic rings. The summed E-state index contributed by atoms with van der Waals surface area (Å²) in [6, 6.07) is 11.4. The zero-order valence-corrected chi connectivity index (χ0v) is 17.7. The van der Waals surface area contributed by atoms with E-state index in [0.29, 0.717) is 17.2 Å². The molecule has 2 aromatic carbocycles. The van der Waals surface area contributed by atoms with Gasteiger partial charge in [0.05, 0.1) is 22.0 Å². The first-order valence-corrected chi connectivity index (χ1v) is 9.69. The van der Waals surface area contributed by atoms with Crippen LogP contribution in [-0.2, 0) is 6.18 Å². The first kappa shape index (κ1) is 23.7. The van der Waals surface area contributed by atoms with E-state index in [1.54, 1.807) is 30.3 Å². The second-order valence-corrected chi connectivity index (χ2v) is 6.89. The summed E-state index contributed by atoms with van der Waals surface area (Å²) in [5, 5.41) is 4.56. The van der Waals surface area contributed by atoms with E-state index in [1.165, 1.54) is 19.3 Å². The van der Waals surface area contributed by atoms with Crippen LogP contribution in [-0.4, -0.2) is 24.0 Å². The highest BCUT2D eigenvalue weighted by molar-refractivity contribution is 6.33. The fourth-order valence-corrected chi connectivity index (χ4v) is 2.80. The Morgan fingerprint density at radius 3 is 2.48 bits per heavy atom. The van der Waals surface area contributed by atoms with Crippen LogP contribution in [0.3, 0.4) is 0 Å². The molecule has 0 spiro atoms. The number of carbonyl (C=O) groups is 2. The van der Waals surface area contributed by atoms with Gasteiger partial charge in [-0.25, -0.2) is 4.79 Å². The van der Waals surface area contributed by atoms with Crippen LogP contribution in [0.5, 0.6) is 11.5 Å². The van der Waals surface area contributed by atoms with Gasteiger partial charge >= 0.3 is 12.2 Å². The number of aromatic nitrogens is 1. The van der Waals surface area contributed by atoms with Crippen molar-refractivity contribution in [2.75, 3.05) is 17.8 Å². The molecule has 0 bridgehead atoms. The van der Waals surface area contributed by atoms with Gasteiger partial charge in [0.25, 0.3) is 5.91 Å². The van der Waals surface area contributed by atoms with Crippen molar-refractivity contribution in [2.24, 2.45) is 0 Å². The average Bonchev–Trinajstić information content (AvgIpc) is 2.78. The maximum Gasteiger partial charge on any atom is 0.416 e. The molecule has 0 atom stereocenters. The van der Waals surface area contributed by atoms with E-state index in [0.717, 1.165) is 18.2 Å². The molecule has 8 nitrogen and oxygen atoms in total. The SMILES string of the molecule is CNC(=O)c1cc(Oc2cccc(NNC(=O)Nc3ccc(C(F)(F)F)cc3Cl)c2)ccn1. The lowest BCUT2D eigenvalue weighted by Gasteiger charge is -2.13. The van der Waals surface area contributed by atoms with Crippen molar-refractivity contribution >= 4 is 34.9 Å². The van der Waals surface area contributed by atoms with Crippen LogP contribution < -0.4 is 26.2 Å². The van der Waals surface area contributed by atoms with E-state index in [1.807, 2.05) is 0 Å². The largest absolute Gasteiger partial charge is 0.457 e. The normalized spacial score (nSPS) is 10.8. The number of ether oxygens (including phenoxy) is 1. The number of benzene rings is 2. The number of amides is 3. The molecule has 3 amide bonds. The Bertz CT molecular complexity index is 1170. The first-order chi connectivity index (χ1) is 15.7. The molecule has 0 radical (unpaired) electrons. The number of pyridine rings is 1. The Morgan fingerprint density at radius 1 is 1.03 bits per heavy atom. The molecule has 4 N–H and O–H groups in total. The average molecular weight is 480 g/mol. The van der Waals surface area contributed by atoms with Crippen LogP contribution in [0, 0.1) is 0 Å². The Hall–Kier alpha value is -3.99. The number of hydrogen-bond acceptors (Lipinski definition) is 5. The van der Waals surface area contributed by atoms with Gasteiger partial charge in [-0.05, 0) is 36.4 Å². The summed E-state index contributed by atoms with van der Waals surface area (Å²) in [7, 11) is 1.49. The van der Waals surface area contributed by atoms with Gasteiger partial charge in [0, 0.05) is 25.4 Å². The third kappa shape index (κ3) is 6.50. The Labute approximate surface area is 191 Å². The lowest BCUT2D eigenvalue weighted by Crippen LogP contribution is -2.33. The number of urea groups is 1. The van der Waals surface area contributed by atoms with E-state index in [2.05, 4.69) is 26.5 Å². The molecule has 3 rings (SSSR count). The standard InChI is InChI=1S/C21H17ClF3N5O3/c1-26-19(31)18-11-15(7-8-27-18)33-14-4-2-3-13(10-14)29-30-20(32)28-17-6-5-12(9-16(17)22)21(23,24)25/h2-11,29H,1H3,(H,26,31)(H2,28,30,32). The van der Waals surface area contributed by atoms with Gasteiger partial charge in [0.1, 0.15) is 17.2 Å². The van der Waals surface area contributed by atoms with Crippen molar-refractivity contribution in [1.82, 2.24) is 15.7 Å². The molecule has 3 aromatic rings. The number of hydrogen-bond donors (Lipinski definition) is 4. The zero-order valence-electron chi connectivity index (χ0n) is 17.0. The molecule has 0 aliphatic heterocycles. The molecule has 0 aliphatic carbocycles. The van der Waals surface area contributed by atoms with Crippen molar-refractivity contribution in [2.45, 2.75) is 6.18 Å². The summed E-state index contributed by atoms with van der Waals surface area (Å²) in [5.74, 6) is 0.421. The quantitative estimate of drug-likeness (QED) is 0.370. The summed E-state index contributed by atoms with van der Waals surface area (Å²) in [6.45, 7) is 0. The zero-order chi connectivity index (χ0) is 24.0. The molecule has 33 heavy (non-hydrogen) atoms. The number of hydrazine groups is 1. The summed E-state index contributed by atoms with van der Waals surface area (Å²) < 4.78 is 43.9. The van der Waals surface area contributed by atoms with Gasteiger partial charge in [0.15, 0.2) is 0 Å². The van der Waals surface area contributed by atoms with Crippen LogP contribution >= 0.6 is 11.6 Å². The molecule has 0 saturated heterocycles. The van der Waals surface area contributed by atoms with Crippen LogP contribution in [0.2, 0.25) is 5.02 Å². The van der Waals surface area contributed by atoms with Crippen LogP contribution in [0.25, 0.3) is 0 Å². The minimum absolute atomic E-state index is 0.00524. The van der Waals surface area contributed by atoms with E-state index in [4.69, 9.17) is 16.3 Å². The fourth-order valence-electron chi connectivity index (χ4n) is 2.58. The maximum absolute atomic E-state index is 12.7. The Balaban J connectivity index is 1.60. The van der Waals surface area contributed by atoms with E-state index in [9.17, 15) is 22.8 Å². The second-order valence-electron chi connectivity index (χ2n) is 6.48. The Kier molecular flexibility index (Phi) is 7.23. The monoisotopic (exact) mass is 479 g/mol. The van der Waals surface area contributed by atoms with Crippen LogP contribution in [0.4, 0.5) is 29.3 Å². The number of carbonyl (C=O) groups excluding carboxylic acids is 2. The summed E-state index contributed by atoms with van der Waals surface area (Å²) in [5.41, 5.74) is 4.70. The third-order valence-corrected chi connectivity index (χ3v) is 4.44. The van der Waals surface area contributed by atoms with Crippen LogP contribution in [0.15, 0.2) is 60.8 Å². The van der Waals surface area contributed by atoms with Crippen molar-refractivity contribution in [3.8, 4) is 11.5 Å². The number of rotatable bonds is 6. The molecule has 1 aromatic heterocycles. The number of nitrogens with zero attached hydrogens (tertiary/aromatic N) is 1. The molecular weight excluding hydrogens is 463 g/mol. The van der Waals surface area contributed by atoms with Crippen molar-refractivity contribution in [1.29, 1.82) is 0 Å². The van der Waals surface area contributed by atoms with Crippen molar-refractivity contribution in [3.63, 3.8) is 0 Å². The first-order valence-electron chi connectivity index (χ1n) is 9.31. The third-order valence-electron chi connectivity index (χ3n) is 4.13. The van der Waals surface area contributed by atoms with E-state index in [-0.39, 0.29) is 22.3 Å². The molecule has 12 heteroatoms. The maximum atomic E-state index is 12.7. The molecule has 0 saturated carbocycles. The predicted octanol–water partition coefficient (Wildman–Crippen LogP) is 5.05. The molecule has 0 unspecified atom stereocenters. The minimum atomic E-state index is -4.54.